The zero-order valence-electron chi connectivity index (χ0n) is 12.3. The lowest BCUT2D eigenvalue weighted by Gasteiger charge is -2.26. The molecule has 3 heteroatoms. The number of nitrogens with zero attached hydrogens (tertiary/aromatic N) is 1. The molecule has 0 aromatic carbocycles. The van der Waals surface area contributed by atoms with Gasteiger partial charge < -0.3 is 9.64 Å². The molecule has 0 aromatic heterocycles. The van der Waals surface area contributed by atoms with Crippen molar-refractivity contribution >= 4 is 11.8 Å². The SMILES string of the molecule is CCCC[C@H](CCCCCN1CCSCC1)OC. The van der Waals surface area contributed by atoms with Crippen molar-refractivity contribution in [3.8, 4) is 0 Å². The van der Waals surface area contributed by atoms with Gasteiger partial charge in [-0.25, -0.2) is 0 Å². The Balaban J connectivity index is 1.93. The summed E-state index contributed by atoms with van der Waals surface area (Å²) in [4.78, 5) is 2.63. The lowest BCUT2D eigenvalue weighted by molar-refractivity contribution is 0.0834. The van der Waals surface area contributed by atoms with Crippen LogP contribution in [0.4, 0.5) is 0 Å². The first-order valence-corrected chi connectivity index (χ1v) is 8.85. The number of methoxy groups -OCH3 is 1. The van der Waals surface area contributed by atoms with Gasteiger partial charge in [0.25, 0.3) is 0 Å². The summed E-state index contributed by atoms with van der Waals surface area (Å²) >= 11 is 2.10. The topological polar surface area (TPSA) is 12.5 Å². The van der Waals surface area contributed by atoms with Crippen LogP contribution in [-0.4, -0.2) is 49.3 Å². The Labute approximate surface area is 118 Å². The van der Waals surface area contributed by atoms with Crippen LogP contribution in [0.15, 0.2) is 0 Å². The van der Waals surface area contributed by atoms with E-state index in [2.05, 4.69) is 23.6 Å². The maximum atomic E-state index is 5.54. The minimum Gasteiger partial charge on any atom is -0.381 e. The molecule has 0 radical (unpaired) electrons. The Morgan fingerprint density at radius 1 is 1.06 bits per heavy atom. The second-order valence-electron chi connectivity index (χ2n) is 5.30. The van der Waals surface area contributed by atoms with Crippen LogP contribution in [0.2, 0.25) is 0 Å². The molecular weight excluding hydrogens is 242 g/mol. The summed E-state index contributed by atoms with van der Waals surface area (Å²) in [5.41, 5.74) is 0. The molecule has 1 saturated heterocycles. The molecule has 1 aliphatic heterocycles. The molecule has 0 aromatic rings. The van der Waals surface area contributed by atoms with Crippen LogP contribution in [0.1, 0.15) is 51.9 Å². The van der Waals surface area contributed by atoms with Crippen molar-refractivity contribution in [3.05, 3.63) is 0 Å². The van der Waals surface area contributed by atoms with Crippen molar-refractivity contribution in [1.29, 1.82) is 0 Å². The molecule has 1 atom stereocenters. The summed E-state index contributed by atoms with van der Waals surface area (Å²) in [6.45, 7) is 6.18. The van der Waals surface area contributed by atoms with Crippen LogP contribution in [-0.2, 0) is 4.74 Å². The molecule has 0 aliphatic carbocycles. The van der Waals surface area contributed by atoms with E-state index in [4.69, 9.17) is 4.74 Å². The van der Waals surface area contributed by atoms with E-state index in [9.17, 15) is 0 Å². The first kappa shape index (κ1) is 16.3. The fourth-order valence-electron chi connectivity index (χ4n) is 2.52. The Morgan fingerprint density at radius 2 is 1.78 bits per heavy atom. The number of ether oxygens (including phenoxy) is 1. The van der Waals surface area contributed by atoms with E-state index in [1.165, 1.54) is 76.1 Å². The number of thioether (sulfide) groups is 1. The maximum Gasteiger partial charge on any atom is 0.0571 e. The van der Waals surface area contributed by atoms with E-state index in [0.29, 0.717) is 6.10 Å². The van der Waals surface area contributed by atoms with Gasteiger partial charge in [-0.1, -0.05) is 32.6 Å². The lowest BCUT2D eigenvalue weighted by Crippen LogP contribution is -2.33. The molecule has 2 nitrogen and oxygen atoms in total. The van der Waals surface area contributed by atoms with Gasteiger partial charge in [0.05, 0.1) is 6.10 Å². The van der Waals surface area contributed by atoms with Crippen molar-refractivity contribution in [2.75, 3.05) is 38.2 Å². The van der Waals surface area contributed by atoms with Crippen LogP contribution in [0, 0.1) is 0 Å². The molecule has 0 bridgehead atoms. The molecule has 0 spiro atoms. The zero-order chi connectivity index (χ0) is 13.1. The van der Waals surface area contributed by atoms with E-state index < -0.39 is 0 Å². The van der Waals surface area contributed by atoms with Crippen LogP contribution in [0.5, 0.6) is 0 Å². The van der Waals surface area contributed by atoms with Crippen LogP contribution in [0.25, 0.3) is 0 Å². The van der Waals surface area contributed by atoms with E-state index in [1.807, 2.05) is 7.11 Å². The number of hydrogen-bond acceptors (Lipinski definition) is 3. The number of hydrogen-bond donors (Lipinski definition) is 0. The standard InChI is InChI=1S/C15H31NOS/c1-3-4-8-15(17-2)9-6-5-7-10-16-11-13-18-14-12-16/h15H,3-14H2,1-2H3/t15-/m1/s1. The molecule has 18 heavy (non-hydrogen) atoms. The highest BCUT2D eigenvalue weighted by Crippen LogP contribution is 2.14. The average Bonchev–Trinajstić information content (AvgIpc) is 2.43. The fourth-order valence-corrected chi connectivity index (χ4v) is 3.50. The highest BCUT2D eigenvalue weighted by atomic mass is 32.2. The van der Waals surface area contributed by atoms with Gasteiger partial charge >= 0.3 is 0 Å². The van der Waals surface area contributed by atoms with E-state index in [0.717, 1.165) is 0 Å². The van der Waals surface area contributed by atoms with Crippen LogP contribution >= 0.6 is 11.8 Å². The Hall–Kier alpha value is 0.270. The molecule has 1 rings (SSSR count). The highest BCUT2D eigenvalue weighted by molar-refractivity contribution is 7.99. The van der Waals surface area contributed by atoms with Gasteiger partial charge in [-0.05, 0) is 25.8 Å². The van der Waals surface area contributed by atoms with Crippen molar-refractivity contribution in [1.82, 2.24) is 4.90 Å². The van der Waals surface area contributed by atoms with Gasteiger partial charge in [-0.2, -0.15) is 11.8 Å². The first-order valence-electron chi connectivity index (χ1n) is 7.69. The zero-order valence-corrected chi connectivity index (χ0v) is 13.1. The third kappa shape index (κ3) is 7.65. The average molecular weight is 273 g/mol. The summed E-state index contributed by atoms with van der Waals surface area (Å²) in [7, 11) is 1.87. The van der Waals surface area contributed by atoms with Crippen molar-refractivity contribution in [2.24, 2.45) is 0 Å². The third-order valence-corrected chi connectivity index (χ3v) is 4.76. The van der Waals surface area contributed by atoms with Gasteiger partial charge in [0.1, 0.15) is 0 Å². The summed E-state index contributed by atoms with van der Waals surface area (Å²) in [6, 6.07) is 0. The largest absolute Gasteiger partial charge is 0.381 e. The summed E-state index contributed by atoms with van der Waals surface area (Å²) in [6.07, 6.45) is 9.69. The molecule has 0 saturated carbocycles. The van der Waals surface area contributed by atoms with Gasteiger partial charge in [0.15, 0.2) is 0 Å². The Kier molecular flexibility index (Phi) is 10.1. The molecule has 1 heterocycles. The van der Waals surface area contributed by atoms with Crippen molar-refractivity contribution in [2.45, 2.75) is 58.0 Å². The molecule has 1 aliphatic rings. The van der Waals surface area contributed by atoms with E-state index >= 15 is 0 Å². The van der Waals surface area contributed by atoms with Gasteiger partial charge in [0, 0.05) is 31.7 Å². The monoisotopic (exact) mass is 273 g/mol. The minimum atomic E-state index is 0.510. The van der Waals surface area contributed by atoms with Gasteiger partial charge in [0.2, 0.25) is 0 Å². The fraction of sp³-hybridized carbons (Fsp3) is 1.00. The van der Waals surface area contributed by atoms with Gasteiger partial charge in [-0.15, -0.1) is 0 Å². The number of unbranched alkanes of at least 4 members (excludes halogenated alkanes) is 3. The van der Waals surface area contributed by atoms with Crippen LogP contribution < -0.4 is 0 Å². The molecule has 0 unspecified atom stereocenters. The Morgan fingerprint density at radius 3 is 2.44 bits per heavy atom. The normalized spacial score (nSPS) is 19.0. The quantitative estimate of drug-likeness (QED) is 0.562. The number of rotatable bonds is 10. The molecule has 0 N–H and O–H groups in total. The van der Waals surface area contributed by atoms with E-state index in [-0.39, 0.29) is 0 Å². The lowest BCUT2D eigenvalue weighted by atomic mass is 10.1. The molecule has 0 amide bonds. The molecule has 1 fully saturated rings. The Bertz CT molecular complexity index is 183. The van der Waals surface area contributed by atoms with E-state index in [1.54, 1.807) is 0 Å². The first-order chi connectivity index (χ1) is 8.86. The highest BCUT2D eigenvalue weighted by Gasteiger charge is 2.10. The predicted octanol–water partition coefficient (Wildman–Crippen LogP) is 3.80. The van der Waals surface area contributed by atoms with Crippen molar-refractivity contribution < 1.29 is 4.74 Å². The summed E-state index contributed by atoms with van der Waals surface area (Å²) in [5.74, 6) is 2.67. The predicted molar refractivity (Wildman–Crippen MR) is 82.6 cm³/mol. The van der Waals surface area contributed by atoms with Crippen LogP contribution in [0.3, 0.4) is 0 Å². The second-order valence-corrected chi connectivity index (χ2v) is 6.53. The van der Waals surface area contributed by atoms with Gasteiger partial charge in [-0.3, -0.25) is 0 Å². The summed E-state index contributed by atoms with van der Waals surface area (Å²) < 4.78 is 5.54. The maximum absolute atomic E-state index is 5.54. The summed E-state index contributed by atoms with van der Waals surface area (Å²) in [5, 5.41) is 0. The third-order valence-electron chi connectivity index (χ3n) is 3.82. The second kappa shape index (κ2) is 11.1. The molecular formula is C15H31NOS. The minimum absolute atomic E-state index is 0.510. The molecule has 108 valence electrons. The van der Waals surface area contributed by atoms with Crippen molar-refractivity contribution in [3.63, 3.8) is 0 Å². The smallest absolute Gasteiger partial charge is 0.0571 e.